The summed E-state index contributed by atoms with van der Waals surface area (Å²) in [6, 6.07) is 12.1. The molecule has 0 spiro atoms. The van der Waals surface area contributed by atoms with Crippen molar-refractivity contribution < 1.29 is 14.0 Å². The molecule has 2 amide bonds. The number of benzene rings is 2. The maximum absolute atomic E-state index is 13.3. The standard InChI is InChI=1S/C21H17ClFN3O2S/c22-15-10-13(5-7-16(15)23)18-11-29-21(25-18)26-19(27)8-6-14-9-12-3-1-2-4-17(12)24-20(14)28/h1-5,7,10-11,14H,6,8-9H2,(H,24,28)(H,25,26,27). The molecule has 1 aliphatic heterocycles. The molecule has 0 bridgehead atoms. The second-order valence-corrected chi connectivity index (χ2v) is 8.07. The van der Waals surface area contributed by atoms with Gasteiger partial charge in [0.1, 0.15) is 5.82 Å². The van der Waals surface area contributed by atoms with Crippen LogP contribution in [-0.2, 0) is 16.0 Å². The molecule has 148 valence electrons. The number of para-hydroxylation sites is 1. The Labute approximate surface area is 175 Å². The molecule has 0 aliphatic carbocycles. The van der Waals surface area contributed by atoms with E-state index in [1.165, 1.54) is 23.5 Å². The van der Waals surface area contributed by atoms with Crippen molar-refractivity contribution in [3.8, 4) is 11.3 Å². The minimum atomic E-state index is -0.492. The highest BCUT2D eigenvalue weighted by Crippen LogP contribution is 2.29. The predicted octanol–water partition coefficient (Wildman–Crippen LogP) is 5.13. The highest BCUT2D eigenvalue weighted by atomic mass is 35.5. The van der Waals surface area contributed by atoms with E-state index < -0.39 is 5.82 Å². The Hall–Kier alpha value is -2.77. The molecule has 2 heterocycles. The number of amides is 2. The van der Waals surface area contributed by atoms with Crippen LogP contribution in [0.4, 0.5) is 15.2 Å². The smallest absolute Gasteiger partial charge is 0.227 e. The van der Waals surface area contributed by atoms with E-state index in [9.17, 15) is 14.0 Å². The van der Waals surface area contributed by atoms with E-state index in [0.29, 0.717) is 29.2 Å². The zero-order chi connectivity index (χ0) is 20.4. The van der Waals surface area contributed by atoms with E-state index in [1.807, 2.05) is 24.3 Å². The van der Waals surface area contributed by atoms with Gasteiger partial charge in [0.25, 0.3) is 0 Å². The SMILES string of the molecule is O=C(CCC1Cc2ccccc2NC1=O)Nc1nc(-c2ccc(F)c(Cl)c2)cs1. The number of thiazole rings is 1. The summed E-state index contributed by atoms with van der Waals surface area (Å²) in [4.78, 5) is 28.9. The molecule has 0 saturated carbocycles. The minimum Gasteiger partial charge on any atom is -0.326 e. The summed E-state index contributed by atoms with van der Waals surface area (Å²) in [5.74, 6) is -0.978. The topological polar surface area (TPSA) is 71.1 Å². The number of carbonyl (C=O) groups is 2. The molecular weight excluding hydrogens is 413 g/mol. The van der Waals surface area contributed by atoms with Crippen molar-refractivity contribution in [2.45, 2.75) is 19.3 Å². The van der Waals surface area contributed by atoms with Gasteiger partial charge in [0.15, 0.2) is 5.13 Å². The van der Waals surface area contributed by atoms with E-state index in [-0.39, 0.29) is 29.2 Å². The van der Waals surface area contributed by atoms with E-state index in [1.54, 1.807) is 11.4 Å². The number of aromatic nitrogens is 1. The molecule has 0 saturated heterocycles. The van der Waals surface area contributed by atoms with Crippen LogP contribution in [0.25, 0.3) is 11.3 Å². The van der Waals surface area contributed by atoms with Gasteiger partial charge in [-0.3, -0.25) is 9.59 Å². The number of carbonyl (C=O) groups excluding carboxylic acids is 2. The van der Waals surface area contributed by atoms with Crippen LogP contribution < -0.4 is 10.6 Å². The average Bonchev–Trinajstić information content (AvgIpc) is 3.17. The van der Waals surface area contributed by atoms with Crippen molar-refractivity contribution in [1.82, 2.24) is 4.98 Å². The van der Waals surface area contributed by atoms with Gasteiger partial charge >= 0.3 is 0 Å². The second-order valence-electron chi connectivity index (χ2n) is 6.80. The maximum Gasteiger partial charge on any atom is 0.227 e. The fourth-order valence-corrected chi connectivity index (χ4v) is 4.17. The quantitative estimate of drug-likeness (QED) is 0.590. The molecule has 29 heavy (non-hydrogen) atoms. The molecule has 0 radical (unpaired) electrons. The summed E-state index contributed by atoms with van der Waals surface area (Å²) in [7, 11) is 0. The third kappa shape index (κ3) is 4.46. The van der Waals surface area contributed by atoms with Crippen molar-refractivity contribution in [2.24, 2.45) is 5.92 Å². The zero-order valence-corrected chi connectivity index (χ0v) is 16.8. The first-order valence-corrected chi connectivity index (χ1v) is 10.3. The first-order chi connectivity index (χ1) is 14.0. The van der Waals surface area contributed by atoms with Gasteiger partial charge in [0, 0.05) is 29.0 Å². The minimum absolute atomic E-state index is 0.0217. The van der Waals surface area contributed by atoms with E-state index >= 15 is 0 Å². The third-order valence-corrected chi connectivity index (χ3v) is 5.85. The van der Waals surface area contributed by atoms with Crippen molar-refractivity contribution in [1.29, 1.82) is 0 Å². The second kappa shape index (κ2) is 8.31. The lowest BCUT2D eigenvalue weighted by Gasteiger charge is -2.24. The molecule has 2 aromatic carbocycles. The van der Waals surface area contributed by atoms with Crippen LogP contribution in [0.1, 0.15) is 18.4 Å². The number of hydrogen-bond donors (Lipinski definition) is 2. The Bertz CT molecular complexity index is 1090. The molecule has 3 aromatic rings. The molecule has 5 nitrogen and oxygen atoms in total. The largest absolute Gasteiger partial charge is 0.326 e. The van der Waals surface area contributed by atoms with Crippen molar-refractivity contribution in [2.75, 3.05) is 10.6 Å². The first-order valence-electron chi connectivity index (χ1n) is 9.09. The highest BCUT2D eigenvalue weighted by Gasteiger charge is 2.26. The van der Waals surface area contributed by atoms with Crippen LogP contribution in [0.3, 0.4) is 0 Å². The Balaban J connectivity index is 1.34. The number of halogens is 2. The number of nitrogens with one attached hydrogen (secondary N) is 2. The predicted molar refractivity (Wildman–Crippen MR) is 113 cm³/mol. The molecular formula is C21H17ClFN3O2S. The van der Waals surface area contributed by atoms with E-state index in [0.717, 1.165) is 11.3 Å². The molecule has 1 atom stereocenters. The first kappa shape index (κ1) is 19.5. The van der Waals surface area contributed by atoms with Gasteiger partial charge in [-0.05, 0) is 42.7 Å². The summed E-state index contributed by atoms with van der Waals surface area (Å²) >= 11 is 7.09. The fraction of sp³-hybridized carbons (Fsp3) is 0.190. The lowest BCUT2D eigenvalue weighted by Crippen LogP contribution is -2.30. The molecule has 1 unspecified atom stereocenters. The zero-order valence-electron chi connectivity index (χ0n) is 15.2. The van der Waals surface area contributed by atoms with Gasteiger partial charge in [-0.25, -0.2) is 9.37 Å². The van der Waals surface area contributed by atoms with Crippen LogP contribution in [0.2, 0.25) is 5.02 Å². The summed E-state index contributed by atoms with van der Waals surface area (Å²) in [5.41, 5.74) is 3.20. The fourth-order valence-electron chi connectivity index (χ4n) is 3.25. The lowest BCUT2D eigenvalue weighted by molar-refractivity contribution is -0.121. The maximum atomic E-state index is 13.3. The normalized spacial score (nSPS) is 15.5. The Kier molecular flexibility index (Phi) is 5.60. The summed E-state index contributed by atoms with van der Waals surface area (Å²) < 4.78 is 13.3. The number of fused-ring (bicyclic) bond motifs is 1. The molecule has 8 heteroatoms. The summed E-state index contributed by atoms with van der Waals surface area (Å²) in [5, 5.41) is 7.89. The van der Waals surface area contributed by atoms with E-state index in [2.05, 4.69) is 15.6 Å². The van der Waals surface area contributed by atoms with Gasteiger partial charge in [0.05, 0.1) is 10.7 Å². The highest BCUT2D eigenvalue weighted by molar-refractivity contribution is 7.14. The number of hydrogen-bond acceptors (Lipinski definition) is 4. The van der Waals surface area contributed by atoms with Crippen LogP contribution in [0.15, 0.2) is 47.8 Å². The van der Waals surface area contributed by atoms with Crippen LogP contribution in [0, 0.1) is 11.7 Å². The van der Waals surface area contributed by atoms with Crippen molar-refractivity contribution in [3.05, 3.63) is 64.2 Å². The summed E-state index contributed by atoms with van der Waals surface area (Å²) in [6.07, 6.45) is 1.30. The summed E-state index contributed by atoms with van der Waals surface area (Å²) in [6.45, 7) is 0. The molecule has 1 aromatic heterocycles. The van der Waals surface area contributed by atoms with Gasteiger partial charge in [-0.15, -0.1) is 11.3 Å². The molecule has 1 aliphatic rings. The van der Waals surface area contributed by atoms with Crippen LogP contribution in [-0.4, -0.2) is 16.8 Å². The van der Waals surface area contributed by atoms with Gasteiger partial charge in [-0.2, -0.15) is 0 Å². The van der Waals surface area contributed by atoms with Gasteiger partial charge < -0.3 is 10.6 Å². The monoisotopic (exact) mass is 429 g/mol. The van der Waals surface area contributed by atoms with Crippen LogP contribution in [0.5, 0.6) is 0 Å². The number of anilines is 2. The lowest BCUT2D eigenvalue weighted by atomic mass is 9.89. The molecule has 2 N–H and O–H groups in total. The molecule has 4 rings (SSSR count). The Morgan fingerprint density at radius 1 is 1.31 bits per heavy atom. The third-order valence-electron chi connectivity index (χ3n) is 4.80. The van der Waals surface area contributed by atoms with E-state index in [4.69, 9.17) is 11.6 Å². The number of nitrogens with zero attached hydrogens (tertiary/aromatic N) is 1. The van der Waals surface area contributed by atoms with Crippen LogP contribution >= 0.6 is 22.9 Å². The average molecular weight is 430 g/mol. The van der Waals surface area contributed by atoms with Gasteiger partial charge in [-0.1, -0.05) is 29.8 Å². The van der Waals surface area contributed by atoms with Crippen molar-refractivity contribution in [3.63, 3.8) is 0 Å². The van der Waals surface area contributed by atoms with Crippen molar-refractivity contribution >= 4 is 45.6 Å². The Morgan fingerprint density at radius 2 is 2.14 bits per heavy atom. The molecule has 0 fully saturated rings. The Morgan fingerprint density at radius 3 is 2.97 bits per heavy atom. The number of rotatable bonds is 5. The van der Waals surface area contributed by atoms with Gasteiger partial charge in [0.2, 0.25) is 11.8 Å².